The molecule has 2 rings (SSSR count). The minimum Gasteiger partial charge on any atom is -0.330 e. The Labute approximate surface area is 101 Å². The smallest absolute Gasteiger partial charge is 0.330 e. The van der Waals surface area contributed by atoms with Crippen molar-refractivity contribution in [2.75, 3.05) is 6.54 Å². The van der Waals surface area contributed by atoms with Crippen molar-refractivity contribution in [3.63, 3.8) is 0 Å². The summed E-state index contributed by atoms with van der Waals surface area (Å²) in [6.45, 7) is 0.432. The Balaban J connectivity index is 2.23. The molecule has 1 aromatic heterocycles. The minimum absolute atomic E-state index is 0.368. The third kappa shape index (κ3) is 2.67. The summed E-state index contributed by atoms with van der Waals surface area (Å²) in [7, 11) is 0. The highest BCUT2D eigenvalue weighted by atomic mass is 19.4. The van der Waals surface area contributed by atoms with E-state index in [0.717, 1.165) is 12.1 Å². The summed E-state index contributed by atoms with van der Waals surface area (Å²) in [6.07, 6.45) is -3.78. The zero-order valence-electron chi connectivity index (χ0n) is 9.33. The van der Waals surface area contributed by atoms with Crippen molar-refractivity contribution >= 4 is 0 Å². The molecule has 0 fully saturated rings. The molecule has 1 heterocycles. The molecule has 0 aliphatic rings. The van der Waals surface area contributed by atoms with Gasteiger partial charge >= 0.3 is 6.18 Å². The zero-order valence-corrected chi connectivity index (χ0v) is 9.33. The highest BCUT2D eigenvalue weighted by Crippen LogP contribution is 2.30. The van der Waals surface area contributed by atoms with Gasteiger partial charge in [0, 0.05) is 12.0 Å². The fraction of sp³-hybridized carbons (Fsp3) is 0.273. The first-order valence-corrected chi connectivity index (χ1v) is 5.29. The minimum atomic E-state index is -4.33. The number of hydrogen-bond acceptors (Lipinski definition) is 3. The van der Waals surface area contributed by atoms with Crippen molar-refractivity contribution in [1.82, 2.24) is 15.2 Å². The molecule has 0 saturated heterocycles. The molecule has 0 amide bonds. The molecule has 1 aromatic carbocycles. The van der Waals surface area contributed by atoms with Gasteiger partial charge in [-0.15, -0.1) is 0 Å². The van der Waals surface area contributed by atoms with Gasteiger partial charge in [-0.3, -0.25) is 5.10 Å². The van der Waals surface area contributed by atoms with Crippen molar-refractivity contribution in [2.24, 2.45) is 5.73 Å². The number of nitrogens with one attached hydrogen (secondary N) is 1. The maximum atomic E-state index is 12.4. The maximum Gasteiger partial charge on any atom is 0.416 e. The van der Waals surface area contributed by atoms with Crippen LogP contribution in [0.1, 0.15) is 11.4 Å². The molecule has 0 aliphatic carbocycles. The number of nitrogens with two attached hydrogens (primary N) is 1. The molecule has 0 aliphatic heterocycles. The van der Waals surface area contributed by atoms with E-state index in [1.54, 1.807) is 0 Å². The number of nitrogens with zero attached hydrogens (tertiary/aromatic N) is 2. The Kier molecular flexibility index (Phi) is 3.33. The van der Waals surface area contributed by atoms with Crippen LogP contribution >= 0.6 is 0 Å². The molecule has 0 bridgehead atoms. The fourth-order valence-electron chi connectivity index (χ4n) is 1.48. The molecule has 0 saturated carbocycles. The van der Waals surface area contributed by atoms with Crippen LogP contribution in [0.5, 0.6) is 0 Å². The molecular formula is C11H11F3N4. The number of halogens is 3. The van der Waals surface area contributed by atoms with Crippen LogP contribution in [0.3, 0.4) is 0 Å². The van der Waals surface area contributed by atoms with Gasteiger partial charge in [0.1, 0.15) is 5.82 Å². The summed E-state index contributed by atoms with van der Waals surface area (Å²) < 4.78 is 37.1. The van der Waals surface area contributed by atoms with Gasteiger partial charge in [0.25, 0.3) is 0 Å². The van der Waals surface area contributed by atoms with E-state index in [2.05, 4.69) is 15.2 Å². The Hall–Kier alpha value is -1.89. The van der Waals surface area contributed by atoms with Crippen LogP contribution in [0, 0.1) is 0 Å². The highest BCUT2D eigenvalue weighted by molar-refractivity contribution is 5.55. The van der Waals surface area contributed by atoms with Gasteiger partial charge in [-0.05, 0) is 18.7 Å². The van der Waals surface area contributed by atoms with E-state index in [4.69, 9.17) is 5.73 Å². The molecular weight excluding hydrogens is 245 g/mol. The predicted octanol–water partition coefficient (Wildman–Crippen LogP) is 1.99. The van der Waals surface area contributed by atoms with Crippen LogP contribution < -0.4 is 5.73 Å². The van der Waals surface area contributed by atoms with E-state index in [9.17, 15) is 13.2 Å². The average Bonchev–Trinajstić information content (AvgIpc) is 2.77. The lowest BCUT2D eigenvalue weighted by molar-refractivity contribution is -0.137. The summed E-state index contributed by atoms with van der Waals surface area (Å²) in [5.41, 5.74) is 5.20. The second-order valence-corrected chi connectivity index (χ2v) is 3.72. The Bertz CT molecular complexity index is 516. The molecule has 2 aromatic rings. The lowest BCUT2D eigenvalue weighted by Gasteiger charge is -2.05. The number of alkyl halides is 3. The number of benzene rings is 1. The van der Waals surface area contributed by atoms with Crippen LogP contribution in [0.4, 0.5) is 13.2 Å². The number of hydrogen-bond donors (Lipinski definition) is 2. The van der Waals surface area contributed by atoms with E-state index in [1.165, 1.54) is 12.1 Å². The Morgan fingerprint density at radius 3 is 2.39 bits per heavy atom. The van der Waals surface area contributed by atoms with E-state index in [-0.39, 0.29) is 0 Å². The molecule has 18 heavy (non-hydrogen) atoms. The van der Waals surface area contributed by atoms with Crippen LogP contribution in [0.25, 0.3) is 11.4 Å². The second-order valence-electron chi connectivity index (χ2n) is 3.72. The van der Waals surface area contributed by atoms with Crippen LogP contribution in [-0.2, 0) is 12.6 Å². The number of aromatic nitrogens is 3. The Morgan fingerprint density at radius 1 is 1.17 bits per heavy atom. The van der Waals surface area contributed by atoms with E-state index >= 15 is 0 Å². The summed E-state index contributed by atoms with van der Waals surface area (Å²) in [5, 5.41) is 6.61. The van der Waals surface area contributed by atoms with Gasteiger partial charge in [0.15, 0.2) is 5.82 Å². The van der Waals surface area contributed by atoms with Gasteiger partial charge in [0.05, 0.1) is 5.56 Å². The fourth-order valence-corrected chi connectivity index (χ4v) is 1.48. The first-order valence-electron chi connectivity index (χ1n) is 5.29. The molecule has 0 spiro atoms. The van der Waals surface area contributed by atoms with E-state index < -0.39 is 11.7 Å². The summed E-state index contributed by atoms with van der Waals surface area (Å²) in [5.74, 6) is 0.986. The standard InChI is InChI=1S/C11H11F3N4/c12-11(13,14)8-3-1-7(2-4-8)10-16-9(5-6-15)17-18-10/h1-4H,5-6,15H2,(H,16,17,18). The first-order chi connectivity index (χ1) is 8.50. The van der Waals surface area contributed by atoms with Crippen LogP contribution in [0.2, 0.25) is 0 Å². The maximum absolute atomic E-state index is 12.4. The molecule has 3 N–H and O–H groups in total. The van der Waals surface area contributed by atoms with Gasteiger partial charge in [-0.1, -0.05) is 12.1 Å². The topological polar surface area (TPSA) is 67.6 Å². The molecule has 0 unspecified atom stereocenters. The average molecular weight is 256 g/mol. The van der Waals surface area contributed by atoms with Gasteiger partial charge in [-0.2, -0.15) is 18.3 Å². The first kappa shape index (κ1) is 12.6. The number of rotatable bonds is 3. The normalized spacial score (nSPS) is 11.8. The van der Waals surface area contributed by atoms with Gasteiger partial charge in [0.2, 0.25) is 0 Å². The largest absolute Gasteiger partial charge is 0.416 e. The molecule has 7 heteroatoms. The monoisotopic (exact) mass is 256 g/mol. The summed E-state index contributed by atoms with van der Waals surface area (Å²) >= 11 is 0. The lowest BCUT2D eigenvalue weighted by atomic mass is 10.1. The van der Waals surface area contributed by atoms with E-state index in [1.807, 2.05) is 0 Å². The Morgan fingerprint density at radius 2 is 1.83 bits per heavy atom. The third-order valence-electron chi connectivity index (χ3n) is 2.38. The molecule has 0 atom stereocenters. The third-order valence-corrected chi connectivity index (χ3v) is 2.38. The van der Waals surface area contributed by atoms with Crippen molar-refractivity contribution in [3.8, 4) is 11.4 Å². The van der Waals surface area contributed by atoms with Crippen molar-refractivity contribution in [3.05, 3.63) is 35.7 Å². The van der Waals surface area contributed by atoms with Gasteiger partial charge in [-0.25, -0.2) is 4.98 Å². The lowest BCUT2D eigenvalue weighted by Crippen LogP contribution is -2.04. The second kappa shape index (κ2) is 4.77. The van der Waals surface area contributed by atoms with Crippen molar-refractivity contribution < 1.29 is 13.2 Å². The molecule has 4 nitrogen and oxygen atoms in total. The summed E-state index contributed by atoms with van der Waals surface area (Å²) in [4.78, 5) is 4.13. The van der Waals surface area contributed by atoms with Crippen molar-refractivity contribution in [1.29, 1.82) is 0 Å². The number of H-pyrrole nitrogens is 1. The van der Waals surface area contributed by atoms with Gasteiger partial charge < -0.3 is 5.73 Å². The SMILES string of the molecule is NCCc1nc(-c2ccc(C(F)(F)F)cc2)n[nH]1. The molecule has 0 radical (unpaired) electrons. The predicted molar refractivity (Wildman–Crippen MR) is 59.6 cm³/mol. The van der Waals surface area contributed by atoms with Crippen molar-refractivity contribution in [2.45, 2.75) is 12.6 Å². The van der Waals surface area contributed by atoms with Crippen LogP contribution in [-0.4, -0.2) is 21.7 Å². The zero-order chi connectivity index (χ0) is 13.2. The number of aromatic amines is 1. The molecule has 96 valence electrons. The highest BCUT2D eigenvalue weighted by Gasteiger charge is 2.30. The quantitative estimate of drug-likeness (QED) is 0.882. The van der Waals surface area contributed by atoms with Crippen LogP contribution in [0.15, 0.2) is 24.3 Å². The van der Waals surface area contributed by atoms with E-state index in [0.29, 0.717) is 30.2 Å². The summed E-state index contributed by atoms with van der Waals surface area (Å²) in [6, 6.07) is 4.71.